The van der Waals surface area contributed by atoms with Gasteiger partial charge in [0.05, 0.1) is 27.6 Å². The first kappa shape index (κ1) is 26.5. The fourth-order valence-corrected chi connectivity index (χ4v) is 7.01. The molecule has 1 N–H and O–H groups in total. The third kappa shape index (κ3) is 4.02. The Labute approximate surface area is 241 Å². The topological polar surface area (TPSA) is 92.8 Å². The Hall–Kier alpha value is -3.68. The van der Waals surface area contributed by atoms with Crippen LogP contribution in [0.4, 0.5) is 5.69 Å². The van der Waals surface area contributed by atoms with Gasteiger partial charge in [-0.1, -0.05) is 91.6 Å². The van der Waals surface area contributed by atoms with E-state index in [2.05, 4.69) is 5.32 Å². The molecule has 7 rings (SSSR count). The quantitative estimate of drug-likeness (QED) is 0.313. The zero-order chi connectivity index (χ0) is 28.3. The summed E-state index contributed by atoms with van der Waals surface area (Å²) in [5.41, 5.74) is 4.48. The number of likely N-dealkylation sites (tertiary alicyclic amines) is 1. The maximum Gasteiger partial charge on any atom is 0.330 e. The largest absolute Gasteiger partial charge is 0.454 e. The molecule has 0 radical (unpaired) electrons. The minimum Gasteiger partial charge on any atom is -0.454 e. The minimum absolute atomic E-state index is 0.163. The second-order valence-corrected chi connectivity index (χ2v) is 11.5. The van der Waals surface area contributed by atoms with E-state index in [0.29, 0.717) is 0 Å². The standard InChI is InChI=1S/C31H26Cl2N2O5/c1-15(2)28(31(39)40-14-22(36)34-21-13-7-12-20(32)27(21)33)35-29(37)25-23-16-8-3-4-9-17(16)24(26(25)30(35)38)19-11-6-5-10-18(19)23/h3-13,15,23-26,28H,14H2,1-2H3,(H,34,36)/t23?,24?,25-,26-,28-/m1/s1. The number of hydrogen-bond acceptors (Lipinski definition) is 5. The first-order valence-electron chi connectivity index (χ1n) is 13.2. The van der Waals surface area contributed by atoms with Gasteiger partial charge in [0.25, 0.3) is 5.91 Å². The van der Waals surface area contributed by atoms with Crippen molar-refractivity contribution in [2.24, 2.45) is 17.8 Å². The zero-order valence-electron chi connectivity index (χ0n) is 21.8. The van der Waals surface area contributed by atoms with E-state index < -0.39 is 42.3 Å². The molecule has 7 nitrogen and oxygen atoms in total. The number of benzene rings is 3. The van der Waals surface area contributed by atoms with Crippen molar-refractivity contribution in [2.75, 3.05) is 11.9 Å². The molecule has 9 heteroatoms. The van der Waals surface area contributed by atoms with Crippen LogP contribution in [0.2, 0.25) is 10.0 Å². The summed E-state index contributed by atoms with van der Waals surface area (Å²) in [7, 11) is 0. The molecule has 0 saturated carbocycles. The van der Waals surface area contributed by atoms with Crippen molar-refractivity contribution in [1.29, 1.82) is 0 Å². The molecule has 3 aliphatic carbocycles. The van der Waals surface area contributed by atoms with E-state index in [-0.39, 0.29) is 39.4 Å². The van der Waals surface area contributed by atoms with Crippen molar-refractivity contribution in [2.45, 2.75) is 31.7 Å². The summed E-state index contributed by atoms with van der Waals surface area (Å²) < 4.78 is 5.35. The molecular weight excluding hydrogens is 551 g/mol. The maximum atomic E-state index is 14.0. The molecule has 0 spiro atoms. The first-order valence-corrected chi connectivity index (χ1v) is 13.9. The molecule has 3 aromatic rings. The lowest BCUT2D eigenvalue weighted by Gasteiger charge is -2.45. The van der Waals surface area contributed by atoms with Crippen molar-refractivity contribution in [3.8, 4) is 0 Å². The van der Waals surface area contributed by atoms with Crippen LogP contribution in [0.1, 0.15) is 47.9 Å². The Kier molecular flexibility index (Phi) is 6.67. The fourth-order valence-electron chi connectivity index (χ4n) is 6.66. The summed E-state index contributed by atoms with van der Waals surface area (Å²) >= 11 is 12.1. The number of esters is 1. The third-order valence-electron chi connectivity index (χ3n) is 8.20. The van der Waals surface area contributed by atoms with Crippen molar-refractivity contribution < 1.29 is 23.9 Å². The molecule has 0 unspecified atom stereocenters. The second kappa shape index (κ2) is 10.1. The van der Waals surface area contributed by atoms with Crippen LogP contribution in [0.3, 0.4) is 0 Å². The molecule has 40 heavy (non-hydrogen) atoms. The first-order chi connectivity index (χ1) is 19.2. The smallest absolute Gasteiger partial charge is 0.330 e. The highest BCUT2D eigenvalue weighted by Gasteiger charge is 2.63. The van der Waals surface area contributed by atoms with Gasteiger partial charge in [-0.25, -0.2) is 4.79 Å². The van der Waals surface area contributed by atoms with Gasteiger partial charge in [-0.2, -0.15) is 0 Å². The molecule has 2 bridgehead atoms. The average Bonchev–Trinajstić information content (AvgIpc) is 3.20. The number of hydrogen-bond donors (Lipinski definition) is 1. The maximum absolute atomic E-state index is 14.0. The molecule has 3 aromatic carbocycles. The van der Waals surface area contributed by atoms with Crippen molar-refractivity contribution in [3.63, 3.8) is 0 Å². The normalized spacial score (nSPS) is 23.0. The van der Waals surface area contributed by atoms with Gasteiger partial charge >= 0.3 is 5.97 Å². The van der Waals surface area contributed by atoms with E-state index in [0.717, 1.165) is 27.2 Å². The Bertz CT molecular complexity index is 1460. The highest BCUT2D eigenvalue weighted by Crippen LogP contribution is 2.61. The van der Waals surface area contributed by atoms with Gasteiger partial charge in [0.15, 0.2) is 6.61 Å². The predicted molar refractivity (Wildman–Crippen MR) is 150 cm³/mol. The Balaban J connectivity index is 1.26. The van der Waals surface area contributed by atoms with E-state index >= 15 is 0 Å². The van der Waals surface area contributed by atoms with Crippen LogP contribution in [0.25, 0.3) is 0 Å². The lowest BCUT2D eigenvalue weighted by Crippen LogP contribution is -2.49. The number of nitrogens with one attached hydrogen (secondary N) is 1. The molecule has 1 saturated heterocycles. The van der Waals surface area contributed by atoms with Gasteiger partial charge in [0.1, 0.15) is 6.04 Å². The number of imide groups is 1. The van der Waals surface area contributed by atoms with Gasteiger partial charge in [-0.05, 0) is 40.3 Å². The number of carbonyl (C=O) groups is 4. The molecule has 1 aliphatic heterocycles. The molecule has 3 atom stereocenters. The molecule has 1 heterocycles. The number of anilines is 1. The fraction of sp³-hybridized carbons (Fsp3) is 0.290. The summed E-state index contributed by atoms with van der Waals surface area (Å²) in [6.45, 7) is 2.88. The van der Waals surface area contributed by atoms with Gasteiger partial charge in [0.2, 0.25) is 11.8 Å². The van der Waals surface area contributed by atoms with E-state index in [9.17, 15) is 19.2 Å². The van der Waals surface area contributed by atoms with Gasteiger partial charge in [0, 0.05) is 11.8 Å². The molecule has 3 amide bonds. The molecule has 0 aromatic heterocycles. The van der Waals surface area contributed by atoms with E-state index in [4.69, 9.17) is 27.9 Å². The van der Waals surface area contributed by atoms with Crippen LogP contribution in [-0.4, -0.2) is 41.2 Å². The summed E-state index contributed by atoms with van der Waals surface area (Å²) in [6.07, 6.45) is 0. The van der Waals surface area contributed by atoms with Crippen molar-refractivity contribution in [3.05, 3.63) is 99.0 Å². The van der Waals surface area contributed by atoms with Gasteiger partial charge < -0.3 is 10.1 Å². The molecular formula is C31H26Cl2N2O5. The summed E-state index contributed by atoms with van der Waals surface area (Å²) in [5, 5.41) is 2.99. The zero-order valence-corrected chi connectivity index (χ0v) is 23.3. The number of halogens is 2. The number of rotatable bonds is 6. The van der Waals surface area contributed by atoms with Crippen LogP contribution >= 0.6 is 23.2 Å². The lowest BCUT2D eigenvalue weighted by molar-refractivity contribution is -0.162. The monoisotopic (exact) mass is 576 g/mol. The Morgan fingerprint density at radius 1 is 0.825 bits per heavy atom. The van der Waals surface area contributed by atoms with Crippen LogP contribution in [0, 0.1) is 17.8 Å². The van der Waals surface area contributed by atoms with Gasteiger partial charge in [-0.15, -0.1) is 0 Å². The second-order valence-electron chi connectivity index (χ2n) is 10.8. The van der Waals surface area contributed by atoms with Crippen LogP contribution in [0.15, 0.2) is 66.7 Å². The Morgan fingerprint density at radius 3 is 1.80 bits per heavy atom. The van der Waals surface area contributed by atoms with Gasteiger partial charge in [-0.3, -0.25) is 19.3 Å². The third-order valence-corrected chi connectivity index (χ3v) is 9.02. The molecule has 1 fully saturated rings. The number of carbonyl (C=O) groups excluding carboxylic acids is 4. The van der Waals surface area contributed by atoms with Crippen LogP contribution < -0.4 is 5.32 Å². The number of amides is 3. The van der Waals surface area contributed by atoms with Crippen LogP contribution in [0.5, 0.6) is 0 Å². The number of ether oxygens (including phenoxy) is 1. The van der Waals surface area contributed by atoms with Crippen molar-refractivity contribution in [1.82, 2.24) is 4.90 Å². The SMILES string of the molecule is CC(C)[C@H](C(=O)OCC(=O)Nc1cccc(Cl)c1Cl)N1C(=O)[C@@H]2C3c4ccccc4C(c4ccccc43)[C@H]2C1=O. The highest BCUT2D eigenvalue weighted by atomic mass is 35.5. The van der Waals surface area contributed by atoms with E-state index in [1.165, 1.54) is 0 Å². The molecule has 4 aliphatic rings. The lowest BCUT2D eigenvalue weighted by atomic mass is 9.55. The van der Waals surface area contributed by atoms with E-state index in [1.54, 1.807) is 32.0 Å². The Morgan fingerprint density at radius 2 is 1.32 bits per heavy atom. The summed E-state index contributed by atoms with van der Waals surface area (Å²) in [4.78, 5) is 55.1. The summed E-state index contributed by atoms with van der Waals surface area (Å²) in [5.74, 6) is -4.40. The molecule has 204 valence electrons. The number of nitrogens with zero attached hydrogens (tertiary/aromatic N) is 1. The predicted octanol–water partition coefficient (Wildman–Crippen LogP) is 5.39. The average molecular weight is 577 g/mol. The van der Waals surface area contributed by atoms with Crippen LogP contribution in [-0.2, 0) is 23.9 Å². The minimum atomic E-state index is -1.17. The van der Waals surface area contributed by atoms with Crippen molar-refractivity contribution >= 4 is 52.6 Å². The van der Waals surface area contributed by atoms with E-state index in [1.807, 2.05) is 48.5 Å². The summed E-state index contributed by atoms with van der Waals surface area (Å²) in [6, 6.07) is 19.5. The highest BCUT2D eigenvalue weighted by molar-refractivity contribution is 6.44.